The predicted molar refractivity (Wildman–Crippen MR) is 92.2 cm³/mol. The summed E-state index contributed by atoms with van der Waals surface area (Å²) in [6.07, 6.45) is -0.00907. The summed E-state index contributed by atoms with van der Waals surface area (Å²) in [4.78, 5) is 10.9. The summed E-state index contributed by atoms with van der Waals surface area (Å²) in [5.41, 5.74) is 1.89. The molecule has 0 amide bonds. The van der Waals surface area contributed by atoms with E-state index in [4.69, 9.17) is 14.6 Å². The standard InChI is InChI=1S/C20H20O4/c1-3-5-17(13-20(21)22)16-8-10-18(11-9-16)24-14-15-6-4-7-19(12-15)23-2/h4,6-12,17H,13-14H2,1-2H3,(H,21,22). The lowest BCUT2D eigenvalue weighted by Crippen LogP contribution is -2.04. The molecule has 0 saturated heterocycles. The van der Waals surface area contributed by atoms with E-state index in [0.29, 0.717) is 6.61 Å². The molecule has 0 spiro atoms. The monoisotopic (exact) mass is 324 g/mol. The first-order valence-corrected chi connectivity index (χ1v) is 7.62. The second kappa shape index (κ2) is 8.64. The molecule has 0 aliphatic rings. The van der Waals surface area contributed by atoms with Gasteiger partial charge in [0.1, 0.15) is 18.1 Å². The topological polar surface area (TPSA) is 55.8 Å². The lowest BCUT2D eigenvalue weighted by atomic mass is 9.96. The van der Waals surface area contributed by atoms with Gasteiger partial charge < -0.3 is 14.6 Å². The van der Waals surface area contributed by atoms with Crippen LogP contribution in [0.2, 0.25) is 0 Å². The highest BCUT2D eigenvalue weighted by molar-refractivity contribution is 5.69. The first kappa shape index (κ1) is 17.4. The van der Waals surface area contributed by atoms with Gasteiger partial charge in [-0.2, -0.15) is 0 Å². The minimum atomic E-state index is -0.860. The summed E-state index contributed by atoms with van der Waals surface area (Å²) in [5.74, 6) is 6.07. The third kappa shape index (κ3) is 5.06. The van der Waals surface area contributed by atoms with Crippen molar-refractivity contribution in [3.63, 3.8) is 0 Å². The van der Waals surface area contributed by atoms with E-state index in [1.165, 1.54) is 0 Å². The third-order valence-corrected chi connectivity index (χ3v) is 3.52. The van der Waals surface area contributed by atoms with Gasteiger partial charge in [-0.1, -0.05) is 30.2 Å². The zero-order valence-electron chi connectivity index (χ0n) is 13.8. The van der Waals surface area contributed by atoms with Crippen LogP contribution in [-0.4, -0.2) is 18.2 Å². The van der Waals surface area contributed by atoms with Crippen LogP contribution in [0.1, 0.15) is 30.4 Å². The molecule has 0 saturated carbocycles. The van der Waals surface area contributed by atoms with E-state index in [0.717, 1.165) is 22.6 Å². The molecular weight excluding hydrogens is 304 g/mol. The number of hydrogen-bond acceptors (Lipinski definition) is 3. The summed E-state index contributed by atoms with van der Waals surface area (Å²) in [6.45, 7) is 2.14. The van der Waals surface area contributed by atoms with Crippen LogP contribution in [0.3, 0.4) is 0 Å². The Labute approximate surface area is 142 Å². The number of hydrogen-bond donors (Lipinski definition) is 1. The zero-order chi connectivity index (χ0) is 17.4. The molecule has 0 aliphatic heterocycles. The Morgan fingerprint density at radius 3 is 2.54 bits per heavy atom. The normalized spacial score (nSPS) is 11.1. The average Bonchev–Trinajstić information content (AvgIpc) is 2.60. The van der Waals surface area contributed by atoms with Crippen molar-refractivity contribution in [3.05, 3.63) is 59.7 Å². The molecule has 0 aromatic heterocycles. The van der Waals surface area contributed by atoms with E-state index < -0.39 is 5.97 Å². The van der Waals surface area contributed by atoms with E-state index in [-0.39, 0.29) is 12.3 Å². The van der Waals surface area contributed by atoms with Crippen molar-refractivity contribution < 1.29 is 19.4 Å². The fourth-order valence-corrected chi connectivity index (χ4v) is 2.33. The summed E-state index contributed by atoms with van der Waals surface area (Å²) >= 11 is 0. The molecule has 0 radical (unpaired) electrons. The summed E-state index contributed by atoms with van der Waals surface area (Å²) < 4.78 is 10.9. The van der Waals surface area contributed by atoms with Crippen molar-refractivity contribution in [1.82, 2.24) is 0 Å². The minimum absolute atomic E-state index is 0.00907. The van der Waals surface area contributed by atoms with Gasteiger partial charge in [0.05, 0.1) is 19.4 Å². The number of methoxy groups -OCH3 is 1. The molecular formula is C20H20O4. The lowest BCUT2D eigenvalue weighted by molar-refractivity contribution is -0.137. The second-order valence-corrected chi connectivity index (χ2v) is 5.25. The molecule has 4 heteroatoms. The highest BCUT2D eigenvalue weighted by Crippen LogP contribution is 2.23. The Morgan fingerprint density at radius 1 is 1.17 bits per heavy atom. The number of rotatable bonds is 7. The molecule has 1 unspecified atom stereocenters. The van der Waals surface area contributed by atoms with Crippen LogP contribution in [0.25, 0.3) is 0 Å². The van der Waals surface area contributed by atoms with Crippen LogP contribution in [-0.2, 0) is 11.4 Å². The quantitative estimate of drug-likeness (QED) is 0.786. The summed E-state index contributed by atoms with van der Waals surface area (Å²) in [5, 5.41) is 8.98. The van der Waals surface area contributed by atoms with Crippen molar-refractivity contribution in [2.24, 2.45) is 0 Å². The molecule has 2 aromatic carbocycles. The Bertz CT molecular complexity index is 738. The predicted octanol–water partition coefficient (Wildman–Crippen LogP) is 3.86. The van der Waals surface area contributed by atoms with Crippen LogP contribution in [0.4, 0.5) is 0 Å². The van der Waals surface area contributed by atoms with Crippen LogP contribution in [0.5, 0.6) is 11.5 Å². The maximum Gasteiger partial charge on any atom is 0.304 e. The SMILES string of the molecule is CC#CC(CC(=O)O)c1ccc(OCc2cccc(OC)c2)cc1. The molecule has 0 heterocycles. The van der Waals surface area contributed by atoms with Crippen molar-refractivity contribution in [3.8, 4) is 23.3 Å². The Hall–Kier alpha value is -2.93. The summed E-state index contributed by atoms with van der Waals surface area (Å²) in [6, 6.07) is 15.1. The van der Waals surface area contributed by atoms with Gasteiger partial charge in [0.2, 0.25) is 0 Å². The largest absolute Gasteiger partial charge is 0.497 e. The smallest absolute Gasteiger partial charge is 0.304 e. The number of benzene rings is 2. The van der Waals surface area contributed by atoms with E-state index in [1.807, 2.05) is 48.5 Å². The van der Waals surface area contributed by atoms with Crippen molar-refractivity contribution in [2.75, 3.05) is 7.11 Å². The van der Waals surface area contributed by atoms with Gasteiger partial charge in [0, 0.05) is 0 Å². The number of aliphatic carboxylic acids is 1. The van der Waals surface area contributed by atoms with Crippen molar-refractivity contribution >= 4 is 5.97 Å². The molecule has 2 rings (SSSR count). The number of ether oxygens (including phenoxy) is 2. The molecule has 1 atom stereocenters. The van der Waals surface area contributed by atoms with E-state index in [9.17, 15) is 4.79 Å². The first-order chi connectivity index (χ1) is 11.6. The number of carbonyl (C=O) groups is 1. The van der Waals surface area contributed by atoms with Gasteiger partial charge in [-0.25, -0.2) is 0 Å². The van der Waals surface area contributed by atoms with E-state index in [2.05, 4.69) is 11.8 Å². The zero-order valence-corrected chi connectivity index (χ0v) is 13.8. The molecule has 0 aliphatic carbocycles. The van der Waals surface area contributed by atoms with Gasteiger partial charge >= 0.3 is 5.97 Å². The van der Waals surface area contributed by atoms with Crippen LogP contribution in [0.15, 0.2) is 48.5 Å². The molecule has 1 N–H and O–H groups in total. The Kier molecular flexibility index (Phi) is 6.27. The van der Waals surface area contributed by atoms with Gasteiger partial charge in [-0.15, -0.1) is 5.92 Å². The van der Waals surface area contributed by atoms with Gasteiger partial charge in [-0.3, -0.25) is 4.79 Å². The molecule has 0 fully saturated rings. The second-order valence-electron chi connectivity index (χ2n) is 5.25. The highest BCUT2D eigenvalue weighted by atomic mass is 16.5. The van der Waals surface area contributed by atoms with Gasteiger partial charge in [0.25, 0.3) is 0 Å². The maximum atomic E-state index is 10.9. The lowest BCUT2D eigenvalue weighted by Gasteiger charge is -2.11. The number of carboxylic acid groups (broad SMARTS) is 1. The van der Waals surface area contributed by atoms with Crippen LogP contribution < -0.4 is 9.47 Å². The van der Waals surface area contributed by atoms with Crippen molar-refractivity contribution in [1.29, 1.82) is 0 Å². The minimum Gasteiger partial charge on any atom is -0.497 e. The van der Waals surface area contributed by atoms with E-state index >= 15 is 0 Å². The Morgan fingerprint density at radius 2 is 1.92 bits per heavy atom. The molecule has 124 valence electrons. The third-order valence-electron chi connectivity index (χ3n) is 3.52. The van der Waals surface area contributed by atoms with Crippen LogP contribution >= 0.6 is 0 Å². The average molecular weight is 324 g/mol. The molecule has 4 nitrogen and oxygen atoms in total. The van der Waals surface area contributed by atoms with Crippen LogP contribution in [0, 0.1) is 11.8 Å². The first-order valence-electron chi connectivity index (χ1n) is 7.62. The maximum absolute atomic E-state index is 10.9. The Balaban J connectivity index is 2.02. The molecule has 2 aromatic rings. The van der Waals surface area contributed by atoms with Crippen molar-refractivity contribution in [2.45, 2.75) is 25.9 Å². The molecule has 0 bridgehead atoms. The molecule has 24 heavy (non-hydrogen) atoms. The van der Waals surface area contributed by atoms with E-state index in [1.54, 1.807) is 14.0 Å². The summed E-state index contributed by atoms with van der Waals surface area (Å²) in [7, 11) is 1.63. The fraction of sp³-hybridized carbons (Fsp3) is 0.250. The highest BCUT2D eigenvalue weighted by Gasteiger charge is 2.13. The number of carboxylic acids is 1. The fourth-order valence-electron chi connectivity index (χ4n) is 2.33. The van der Waals surface area contributed by atoms with Gasteiger partial charge in [-0.05, 0) is 42.3 Å². The van der Waals surface area contributed by atoms with Gasteiger partial charge in [0.15, 0.2) is 0 Å².